The van der Waals surface area contributed by atoms with Crippen molar-refractivity contribution in [3.63, 3.8) is 0 Å². The summed E-state index contributed by atoms with van der Waals surface area (Å²) in [6.45, 7) is 0. The van der Waals surface area contributed by atoms with E-state index >= 15 is 0 Å². The highest BCUT2D eigenvalue weighted by molar-refractivity contribution is 7.71. The number of aromatic carboxylic acids is 1. The third kappa shape index (κ3) is 1.42. The topological polar surface area (TPSA) is 70.4 Å². The fraction of sp³-hybridized carbons (Fsp3) is 0. The van der Waals surface area contributed by atoms with E-state index in [2.05, 4.69) is 10.1 Å². The van der Waals surface area contributed by atoms with Crippen LogP contribution in [0.3, 0.4) is 0 Å². The first-order chi connectivity index (χ1) is 8.16. The van der Waals surface area contributed by atoms with Gasteiger partial charge in [0.15, 0.2) is 10.5 Å². The van der Waals surface area contributed by atoms with Gasteiger partial charge in [-0.05, 0) is 24.4 Å². The van der Waals surface area contributed by atoms with Gasteiger partial charge in [0.1, 0.15) is 0 Å². The minimum absolute atomic E-state index is 0.0131. The molecule has 6 heteroatoms. The molecule has 0 radical (unpaired) electrons. The zero-order valence-electron chi connectivity index (χ0n) is 8.54. The molecule has 0 aliphatic carbocycles. The highest BCUT2D eigenvalue weighted by atomic mass is 32.1. The van der Waals surface area contributed by atoms with Gasteiger partial charge < -0.3 is 10.1 Å². The van der Waals surface area contributed by atoms with Gasteiger partial charge in [-0.1, -0.05) is 18.2 Å². The van der Waals surface area contributed by atoms with Gasteiger partial charge in [0.05, 0.1) is 5.52 Å². The molecule has 0 aliphatic heterocycles. The molecule has 3 rings (SSSR count). The number of nitrogens with zero attached hydrogens (tertiary/aromatic N) is 2. The lowest BCUT2D eigenvalue weighted by atomic mass is 10.2. The lowest BCUT2D eigenvalue weighted by molar-refractivity contribution is 0.0690. The molecular formula is C11H7N3O2S. The van der Waals surface area contributed by atoms with Crippen molar-refractivity contribution in [2.45, 2.75) is 0 Å². The molecule has 2 heterocycles. The molecule has 0 amide bonds. The maximum absolute atomic E-state index is 10.9. The molecule has 0 fully saturated rings. The van der Waals surface area contributed by atoms with Crippen LogP contribution < -0.4 is 0 Å². The summed E-state index contributed by atoms with van der Waals surface area (Å²) in [5.41, 5.74) is 1.55. The Morgan fingerprint density at radius 2 is 2.18 bits per heavy atom. The average Bonchev–Trinajstić information content (AvgIpc) is 2.75. The van der Waals surface area contributed by atoms with Crippen molar-refractivity contribution < 1.29 is 9.90 Å². The molecule has 0 atom stereocenters. The second-order valence-corrected chi connectivity index (χ2v) is 3.99. The van der Waals surface area contributed by atoms with E-state index in [1.807, 2.05) is 24.3 Å². The molecule has 0 spiro atoms. The number of carbonyl (C=O) groups is 1. The number of para-hydroxylation sites is 1. The number of hydrogen-bond donors (Lipinski definition) is 2. The van der Waals surface area contributed by atoms with Crippen molar-refractivity contribution in [3.05, 3.63) is 40.8 Å². The number of aromatic nitrogens is 3. The number of carboxylic acids is 1. The maximum Gasteiger partial charge on any atom is 0.356 e. The van der Waals surface area contributed by atoms with Gasteiger partial charge in [-0.25, -0.2) is 9.31 Å². The minimum Gasteiger partial charge on any atom is -0.476 e. The van der Waals surface area contributed by atoms with Crippen LogP contribution in [-0.2, 0) is 0 Å². The van der Waals surface area contributed by atoms with Gasteiger partial charge in [0, 0.05) is 10.9 Å². The Morgan fingerprint density at radius 3 is 2.94 bits per heavy atom. The Balaban J connectivity index is 2.56. The van der Waals surface area contributed by atoms with Crippen LogP contribution in [0.15, 0.2) is 30.3 Å². The van der Waals surface area contributed by atoms with Crippen LogP contribution in [0.1, 0.15) is 10.5 Å². The van der Waals surface area contributed by atoms with E-state index in [0.717, 1.165) is 10.9 Å². The number of rotatable bonds is 1. The first-order valence-corrected chi connectivity index (χ1v) is 5.32. The van der Waals surface area contributed by atoms with Crippen molar-refractivity contribution in [1.29, 1.82) is 0 Å². The van der Waals surface area contributed by atoms with E-state index in [1.165, 1.54) is 10.6 Å². The molecule has 0 saturated heterocycles. The standard InChI is InChI=1S/C11H7N3O2S/c15-10(16)8-5-9-6-3-1-2-4-7(6)12-11(17)14(9)13-8/h1-5H,(H,12,17)(H,15,16). The molecule has 3 aromatic rings. The van der Waals surface area contributed by atoms with Crippen molar-refractivity contribution in [1.82, 2.24) is 14.6 Å². The second kappa shape index (κ2) is 3.39. The fourth-order valence-corrected chi connectivity index (χ4v) is 2.07. The Labute approximate surface area is 100 Å². The highest BCUT2D eigenvalue weighted by Gasteiger charge is 2.11. The predicted molar refractivity (Wildman–Crippen MR) is 64.8 cm³/mol. The van der Waals surface area contributed by atoms with Crippen LogP contribution in [-0.4, -0.2) is 25.7 Å². The smallest absolute Gasteiger partial charge is 0.356 e. The second-order valence-electron chi connectivity index (χ2n) is 3.61. The Kier molecular flexibility index (Phi) is 1.99. The van der Waals surface area contributed by atoms with Crippen LogP contribution in [0, 0.1) is 4.77 Å². The van der Waals surface area contributed by atoms with Gasteiger partial charge in [-0.3, -0.25) is 0 Å². The van der Waals surface area contributed by atoms with E-state index < -0.39 is 5.97 Å². The van der Waals surface area contributed by atoms with Gasteiger partial charge in [-0.15, -0.1) is 0 Å². The first kappa shape index (κ1) is 9.98. The van der Waals surface area contributed by atoms with Crippen molar-refractivity contribution >= 4 is 34.6 Å². The number of fused-ring (bicyclic) bond motifs is 3. The molecule has 1 aromatic carbocycles. The largest absolute Gasteiger partial charge is 0.476 e. The summed E-state index contributed by atoms with van der Waals surface area (Å²) in [6.07, 6.45) is 0. The molecule has 84 valence electrons. The number of H-pyrrole nitrogens is 1. The Bertz CT molecular complexity index is 803. The zero-order chi connectivity index (χ0) is 12.0. The maximum atomic E-state index is 10.9. The van der Waals surface area contributed by atoms with Gasteiger partial charge in [0.2, 0.25) is 0 Å². The first-order valence-electron chi connectivity index (χ1n) is 4.91. The van der Waals surface area contributed by atoms with Crippen LogP contribution >= 0.6 is 12.2 Å². The number of hydrogen-bond acceptors (Lipinski definition) is 3. The van der Waals surface area contributed by atoms with Crippen LogP contribution in [0.4, 0.5) is 0 Å². The average molecular weight is 245 g/mol. The lowest BCUT2D eigenvalue weighted by Crippen LogP contribution is -1.98. The minimum atomic E-state index is -1.06. The summed E-state index contributed by atoms with van der Waals surface area (Å²) in [5.74, 6) is -1.06. The van der Waals surface area contributed by atoms with Crippen molar-refractivity contribution in [2.75, 3.05) is 0 Å². The molecule has 2 aromatic heterocycles. The molecule has 0 saturated carbocycles. The predicted octanol–water partition coefficient (Wildman–Crippen LogP) is 2.24. The summed E-state index contributed by atoms with van der Waals surface area (Å²) in [5, 5.41) is 13.8. The van der Waals surface area contributed by atoms with Gasteiger partial charge in [0.25, 0.3) is 0 Å². The Hall–Kier alpha value is -2.21. The third-order valence-corrected chi connectivity index (χ3v) is 2.84. The molecule has 5 nitrogen and oxygen atoms in total. The summed E-state index contributed by atoms with van der Waals surface area (Å²) >= 11 is 5.13. The summed E-state index contributed by atoms with van der Waals surface area (Å²) in [4.78, 5) is 13.9. The molecule has 17 heavy (non-hydrogen) atoms. The normalized spacial score (nSPS) is 11.1. The van der Waals surface area contributed by atoms with Crippen molar-refractivity contribution in [2.24, 2.45) is 0 Å². The van der Waals surface area contributed by atoms with E-state index in [4.69, 9.17) is 17.3 Å². The number of aromatic amines is 1. The highest BCUT2D eigenvalue weighted by Crippen LogP contribution is 2.19. The Morgan fingerprint density at radius 1 is 1.41 bits per heavy atom. The van der Waals surface area contributed by atoms with E-state index in [1.54, 1.807) is 0 Å². The molecule has 0 unspecified atom stereocenters. The summed E-state index contributed by atoms with van der Waals surface area (Å²) in [7, 11) is 0. The van der Waals surface area contributed by atoms with Gasteiger partial charge >= 0.3 is 5.97 Å². The van der Waals surface area contributed by atoms with E-state index in [9.17, 15) is 4.79 Å². The number of nitrogens with one attached hydrogen (secondary N) is 1. The van der Waals surface area contributed by atoms with Crippen LogP contribution in [0.2, 0.25) is 0 Å². The third-order valence-electron chi connectivity index (χ3n) is 2.57. The quantitative estimate of drug-likeness (QED) is 0.645. The molecule has 2 N–H and O–H groups in total. The zero-order valence-corrected chi connectivity index (χ0v) is 9.36. The van der Waals surface area contributed by atoms with E-state index in [-0.39, 0.29) is 5.69 Å². The van der Waals surface area contributed by atoms with Crippen molar-refractivity contribution in [3.8, 4) is 0 Å². The number of benzene rings is 1. The molecule has 0 aliphatic rings. The van der Waals surface area contributed by atoms with Crippen LogP contribution in [0.5, 0.6) is 0 Å². The fourth-order valence-electron chi connectivity index (χ4n) is 1.82. The molecule has 0 bridgehead atoms. The van der Waals surface area contributed by atoms with Crippen LogP contribution in [0.25, 0.3) is 16.4 Å². The monoisotopic (exact) mass is 245 g/mol. The number of carboxylic acid groups (broad SMARTS) is 1. The molecular weight excluding hydrogens is 238 g/mol. The summed E-state index contributed by atoms with van der Waals surface area (Å²) in [6, 6.07) is 9.07. The lowest BCUT2D eigenvalue weighted by Gasteiger charge is -2.00. The van der Waals surface area contributed by atoms with Gasteiger partial charge in [-0.2, -0.15) is 5.10 Å². The summed E-state index contributed by atoms with van der Waals surface area (Å²) < 4.78 is 1.81. The SMILES string of the molecule is O=C(O)c1cc2c3ccccc3[nH]c(=S)n2n1. The van der Waals surface area contributed by atoms with E-state index in [0.29, 0.717) is 10.3 Å².